The molecule has 2 aromatic rings. The molecule has 0 aromatic heterocycles. The van der Waals surface area contributed by atoms with E-state index in [4.69, 9.17) is 4.74 Å². The first-order chi connectivity index (χ1) is 11.8. The standard InChI is InChI=1S/C21H23NO2/c23-21(13-12-18-8-2-1-3-9-18)24-17-20-11-5-4-10-19(20)16-22-14-6-7-15-22/h1-5,8-13H,6-7,14-17H2. The first-order valence-corrected chi connectivity index (χ1v) is 8.50. The summed E-state index contributed by atoms with van der Waals surface area (Å²) in [6.45, 7) is 3.58. The average Bonchev–Trinajstić information content (AvgIpc) is 3.13. The van der Waals surface area contributed by atoms with Gasteiger partial charge < -0.3 is 4.74 Å². The summed E-state index contributed by atoms with van der Waals surface area (Å²) in [4.78, 5) is 14.4. The number of hydrogen-bond acceptors (Lipinski definition) is 3. The highest BCUT2D eigenvalue weighted by atomic mass is 16.5. The van der Waals surface area contributed by atoms with Gasteiger partial charge in [-0.2, -0.15) is 0 Å². The summed E-state index contributed by atoms with van der Waals surface area (Å²) in [6, 6.07) is 18.0. The largest absolute Gasteiger partial charge is 0.458 e. The van der Waals surface area contributed by atoms with Gasteiger partial charge in [-0.15, -0.1) is 0 Å². The van der Waals surface area contributed by atoms with Crippen LogP contribution in [-0.4, -0.2) is 24.0 Å². The predicted molar refractivity (Wildman–Crippen MR) is 96.2 cm³/mol. The summed E-state index contributed by atoms with van der Waals surface area (Å²) < 4.78 is 5.41. The maximum absolute atomic E-state index is 11.9. The van der Waals surface area contributed by atoms with Crippen molar-refractivity contribution in [3.05, 3.63) is 77.4 Å². The molecule has 1 aliphatic heterocycles. The van der Waals surface area contributed by atoms with E-state index in [0.29, 0.717) is 6.61 Å². The van der Waals surface area contributed by atoms with Crippen molar-refractivity contribution < 1.29 is 9.53 Å². The zero-order chi connectivity index (χ0) is 16.6. The second-order valence-electron chi connectivity index (χ2n) is 6.10. The van der Waals surface area contributed by atoms with E-state index in [2.05, 4.69) is 11.0 Å². The normalized spacial score (nSPS) is 15.0. The topological polar surface area (TPSA) is 29.5 Å². The van der Waals surface area contributed by atoms with E-state index in [9.17, 15) is 4.79 Å². The van der Waals surface area contributed by atoms with Crippen LogP contribution >= 0.6 is 0 Å². The number of ether oxygens (including phenoxy) is 1. The van der Waals surface area contributed by atoms with Crippen molar-refractivity contribution in [1.29, 1.82) is 0 Å². The second-order valence-corrected chi connectivity index (χ2v) is 6.10. The Kier molecular flexibility index (Phi) is 5.80. The maximum atomic E-state index is 11.9. The van der Waals surface area contributed by atoms with E-state index in [0.717, 1.165) is 30.8 Å². The zero-order valence-electron chi connectivity index (χ0n) is 13.9. The zero-order valence-corrected chi connectivity index (χ0v) is 13.9. The molecule has 0 N–H and O–H groups in total. The third kappa shape index (κ3) is 4.80. The first-order valence-electron chi connectivity index (χ1n) is 8.50. The van der Waals surface area contributed by atoms with Crippen LogP contribution in [-0.2, 0) is 22.7 Å². The maximum Gasteiger partial charge on any atom is 0.331 e. The second kappa shape index (κ2) is 8.46. The molecule has 3 nitrogen and oxygen atoms in total. The Morgan fingerprint density at radius 2 is 1.62 bits per heavy atom. The van der Waals surface area contributed by atoms with Crippen molar-refractivity contribution in [2.45, 2.75) is 26.0 Å². The molecule has 3 heteroatoms. The highest BCUT2D eigenvalue weighted by molar-refractivity contribution is 5.87. The Bertz CT molecular complexity index is 688. The lowest BCUT2D eigenvalue weighted by Gasteiger charge is -2.17. The minimum absolute atomic E-state index is 0.310. The Balaban J connectivity index is 1.56. The van der Waals surface area contributed by atoms with Gasteiger partial charge in [0.05, 0.1) is 0 Å². The van der Waals surface area contributed by atoms with Crippen molar-refractivity contribution in [3.8, 4) is 0 Å². The van der Waals surface area contributed by atoms with Gasteiger partial charge in [-0.25, -0.2) is 4.79 Å². The van der Waals surface area contributed by atoms with Gasteiger partial charge in [-0.05, 0) is 48.7 Å². The fraction of sp³-hybridized carbons (Fsp3) is 0.286. The van der Waals surface area contributed by atoms with Crippen molar-refractivity contribution in [2.75, 3.05) is 13.1 Å². The molecule has 1 saturated heterocycles. The molecule has 2 aromatic carbocycles. The third-order valence-electron chi connectivity index (χ3n) is 4.29. The Hall–Kier alpha value is -2.39. The van der Waals surface area contributed by atoms with Crippen LogP contribution in [0.2, 0.25) is 0 Å². The number of carbonyl (C=O) groups excluding carboxylic acids is 1. The van der Waals surface area contributed by atoms with Crippen LogP contribution in [0.3, 0.4) is 0 Å². The molecule has 1 fully saturated rings. The smallest absolute Gasteiger partial charge is 0.331 e. The first kappa shape index (κ1) is 16.5. The molecular weight excluding hydrogens is 298 g/mol. The van der Waals surface area contributed by atoms with Crippen molar-refractivity contribution in [3.63, 3.8) is 0 Å². The number of carbonyl (C=O) groups is 1. The summed E-state index contributed by atoms with van der Waals surface area (Å²) in [5, 5.41) is 0. The summed E-state index contributed by atoms with van der Waals surface area (Å²) >= 11 is 0. The molecule has 3 rings (SSSR count). The molecule has 1 aliphatic rings. The molecule has 0 amide bonds. The van der Waals surface area contributed by atoms with Gasteiger partial charge in [0.15, 0.2) is 0 Å². The van der Waals surface area contributed by atoms with Crippen LogP contribution in [0.15, 0.2) is 60.7 Å². The van der Waals surface area contributed by atoms with Gasteiger partial charge in [0, 0.05) is 12.6 Å². The van der Waals surface area contributed by atoms with Crippen LogP contribution in [0, 0.1) is 0 Å². The van der Waals surface area contributed by atoms with Crippen molar-refractivity contribution >= 4 is 12.0 Å². The van der Waals surface area contributed by atoms with Crippen LogP contribution in [0.1, 0.15) is 29.5 Å². The Labute approximate surface area is 143 Å². The number of esters is 1. The van der Waals surface area contributed by atoms with Gasteiger partial charge in [0.2, 0.25) is 0 Å². The number of hydrogen-bond donors (Lipinski definition) is 0. The summed E-state index contributed by atoms with van der Waals surface area (Å²) in [6.07, 6.45) is 5.82. The minimum atomic E-state index is -0.310. The molecule has 0 saturated carbocycles. The Morgan fingerprint density at radius 3 is 2.38 bits per heavy atom. The molecule has 0 bridgehead atoms. The van der Waals surface area contributed by atoms with Crippen molar-refractivity contribution in [1.82, 2.24) is 4.90 Å². The fourth-order valence-electron chi connectivity index (χ4n) is 2.96. The molecule has 0 unspecified atom stereocenters. The molecule has 0 atom stereocenters. The summed E-state index contributed by atoms with van der Waals surface area (Å²) in [5.74, 6) is -0.310. The molecule has 1 heterocycles. The lowest BCUT2D eigenvalue weighted by Crippen LogP contribution is -2.19. The van der Waals surface area contributed by atoms with E-state index < -0.39 is 0 Å². The van der Waals surface area contributed by atoms with E-state index >= 15 is 0 Å². The van der Waals surface area contributed by atoms with Gasteiger partial charge >= 0.3 is 5.97 Å². The number of nitrogens with zero attached hydrogens (tertiary/aromatic N) is 1. The minimum Gasteiger partial charge on any atom is -0.458 e. The SMILES string of the molecule is O=C(C=Cc1ccccc1)OCc1ccccc1CN1CCCC1. The fourth-order valence-corrected chi connectivity index (χ4v) is 2.96. The van der Waals surface area contributed by atoms with E-state index in [-0.39, 0.29) is 5.97 Å². The molecule has 0 radical (unpaired) electrons. The van der Waals surface area contributed by atoms with Crippen LogP contribution < -0.4 is 0 Å². The monoisotopic (exact) mass is 321 g/mol. The molecule has 24 heavy (non-hydrogen) atoms. The highest BCUT2D eigenvalue weighted by Crippen LogP contribution is 2.17. The predicted octanol–water partition coefficient (Wildman–Crippen LogP) is 4.04. The molecule has 0 aliphatic carbocycles. The van der Waals surface area contributed by atoms with Gasteiger partial charge in [-0.1, -0.05) is 54.6 Å². The Morgan fingerprint density at radius 1 is 0.958 bits per heavy atom. The summed E-state index contributed by atoms with van der Waals surface area (Å²) in [5.41, 5.74) is 3.33. The van der Waals surface area contributed by atoms with Gasteiger partial charge in [0.1, 0.15) is 6.61 Å². The van der Waals surface area contributed by atoms with Crippen LogP contribution in [0.4, 0.5) is 0 Å². The number of rotatable bonds is 6. The molecule has 124 valence electrons. The quantitative estimate of drug-likeness (QED) is 0.594. The van der Waals surface area contributed by atoms with E-state index in [1.165, 1.54) is 24.5 Å². The lowest BCUT2D eigenvalue weighted by atomic mass is 10.1. The lowest BCUT2D eigenvalue weighted by molar-refractivity contribution is -0.138. The van der Waals surface area contributed by atoms with Crippen LogP contribution in [0.5, 0.6) is 0 Å². The highest BCUT2D eigenvalue weighted by Gasteiger charge is 2.13. The van der Waals surface area contributed by atoms with E-state index in [1.54, 1.807) is 6.08 Å². The number of likely N-dealkylation sites (tertiary alicyclic amines) is 1. The van der Waals surface area contributed by atoms with Gasteiger partial charge in [-0.3, -0.25) is 4.90 Å². The number of benzene rings is 2. The molecule has 0 spiro atoms. The van der Waals surface area contributed by atoms with Gasteiger partial charge in [0.25, 0.3) is 0 Å². The molecular formula is C21H23NO2. The summed E-state index contributed by atoms with van der Waals surface area (Å²) in [7, 11) is 0. The average molecular weight is 321 g/mol. The van der Waals surface area contributed by atoms with E-state index in [1.807, 2.05) is 48.5 Å². The third-order valence-corrected chi connectivity index (χ3v) is 4.29. The van der Waals surface area contributed by atoms with Crippen molar-refractivity contribution in [2.24, 2.45) is 0 Å². The van der Waals surface area contributed by atoms with Crippen LogP contribution in [0.25, 0.3) is 6.08 Å².